The van der Waals surface area contributed by atoms with Crippen LogP contribution in [0.3, 0.4) is 0 Å². The van der Waals surface area contributed by atoms with Gasteiger partial charge in [0.15, 0.2) is 11.6 Å². The van der Waals surface area contributed by atoms with Gasteiger partial charge in [0.2, 0.25) is 0 Å². The van der Waals surface area contributed by atoms with Gasteiger partial charge in [-0.1, -0.05) is 18.2 Å². The summed E-state index contributed by atoms with van der Waals surface area (Å²) in [5, 5.41) is 0. The highest BCUT2D eigenvalue weighted by Crippen LogP contribution is 2.34. The molecule has 0 aliphatic carbocycles. The van der Waals surface area contributed by atoms with Gasteiger partial charge in [-0.05, 0) is 47.0 Å². The Morgan fingerprint density at radius 2 is 1.92 bits per heavy atom. The SMILES string of the molecule is COc1cc(-c2ncccc2-c2ccc3c(c2)C=NC3)ccc1F. The van der Waals surface area contributed by atoms with Crippen molar-refractivity contribution in [3.63, 3.8) is 0 Å². The molecule has 0 saturated carbocycles. The number of aliphatic imine (C=N–C) groups is 1. The summed E-state index contributed by atoms with van der Waals surface area (Å²) in [5.74, 6) is -0.169. The lowest BCUT2D eigenvalue weighted by molar-refractivity contribution is 0.387. The summed E-state index contributed by atoms with van der Waals surface area (Å²) >= 11 is 0. The summed E-state index contributed by atoms with van der Waals surface area (Å²) in [4.78, 5) is 8.81. The van der Waals surface area contributed by atoms with Crippen LogP contribution in [0, 0.1) is 5.82 Å². The second-order valence-corrected chi connectivity index (χ2v) is 5.63. The van der Waals surface area contributed by atoms with Gasteiger partial charge in [0.25, 0.3) is 0 Å². The van der Waals surface area contributed by atoms with E-state index in [2.05, 4.69) is 28.2 Å². The van der Waals surface area contributed by atoms with Crippen LogP contribution >= 0.6 is 0 Å². The number of hydrogen-bond donors (Lipinski definition) is 0. The first-order valence-electron chi connectivity index (χ1n) is 7.68. The lowest BCUT2D eigenvalue weighted by atomic mass is 9.96. The maximum atomic E-state index is 13.7. The van der Waals surface area contributed by atoms with Gasteiger partial charge in [0, 0.05) is 23.5 Å². The van der Waals surface area contributed by atoms with E-state index >= 15 is 0 Å². The predicted molar refractivity (Wildman–Crippen MR) is 92.9 cm³/mol. The minimum atomic E-state index is -0.382. The monoisotopic (exact) mass is 318 g/mol. The Labute approximate surface area is 139 Å². The van der Waals surface area contributed by atoms with Crippen molar-refractivity contribution in [3.05, 3.63) is 71.7 Å². The van der Waals surface area contributed by atoms with Crippen molar-refractivity contribution >= 4 is 6.21 Å². The Hall–Kier alpha value is -3.01. The molecule has 2 aromatic carbocycles. The minimum absolute atomic E-state index is 0.213. The Bertz CT molecular complexity index is 950. The Balaban J connectivity index is 1.85. The molecule has 0 saturated heterocycles. The highest BCUT2D eigenvalue weighted by atomic mass is 19.1. The number of fused-ring (bicyclic) bond motifs is 1. The molecule has 24 heavy (non-hydrogen) atoms. The third-order valence-electron chi connectivity index (χ3n) is 4.18. The fourth-order valence-corrected chi connectivity index (χ4v) is 2.94. The van der Waals surface area contributed by atoms with E-state index in [1.165, 1.54) is 18.7 Å². The zero-order chi connectivity index (χ0) is 16.5. The van der Waals surface area contributed by atoms with Crippen molar-refractivity contribution in [2.45, 2.75) is 6.54 Å². The Morgan fingerprint density at radius 1 is 1.04 bits per heavy atom. The van der Waals surface area contributed by atoms with Crippen LogP contribution in [-0.2, 0) is 6.54 Å². The van der Waals surface area contributed by atoms with Crippen LogP contribution in [0.15, 0.2) is 59.7 Å². The molecule has 3 aromatic rings. The van der Waals surface area contributed by atoms with Gasteiger partial charge in [-0.15, -0.1) is 0 Å². The van der Waals surface area contributed by atoms with E-state index in [9.17, 15) is 4.39 Å². The average molecular weight is 318 g/mol. The highest BCUT2D eigenvalue weighted by molar-refractivity contribution is 5.89. The van der Waals surface area contributed by atoms with Gasteiger partial charge in [-0.3, -0.25) is 9.98 Å². The molecule has 0 atom stereocenters. The largest absolute Gasteiger partial charge is 0.494 e. The van der Waals surface area contributed by atoms with Crippen LogP contribution in [-0.4, -0.2) is 18.3 Å². The number of aromatic nitrogens is 1. The maximum Gasteiger partial charge on any atom is 0.165 e. The van der Waals surface area contributed by atoms with Gasteiger partial charge >= 0.3 is 0 Å². The predicted octanol–water partition coefficient (Wildman–Crippen LogP) is 4.50. The lowest BCUT2D eigenvalue weighted by Gasteiger charge is -2.11. The summed E-state index contributed by atoms with van der Waals surface area (Å²) in [5.41, 5.74) is 6.04. The number of rotatable bonds is 3. The molecule has 1 aliphatic rings. The molecule has 0 spiro atoms. The van der Waals surface area contributed by atoms with Crippen LogP contribution < -0.4 is 4.74 Å². The summed E-state index contributed by atoms with van der Waals surface area (Å²) in [7, 11) is 1.46. The summed E-state index contributed by atoms with van der Waals surface area (Å²) in [6.45, 7) is 0.741. The van der Waals surface area contributed by atoms with E-state index < -0.39 is 0 Å². The van der Waals surface area contributed by atoms with Crippen molar-refractivity contribution in [3.8, 4) is 28.1 Å². The molecule has 0 bridgehead atoms. The van der Waals surface area contributed by atoms with Crippen LogP contribution in [0.25, 0.3) is 22.4 Å². The number of benzene rings is 2. The van der Waals surface area contributed by atoms with Crippen molar-refractivity contribution in [1.29, 1.82) is 0 Å². The molecule has 4 heteroatoms. The third kappa shape index (κ3) is 2.46. The number of pyridine rings is 1. The molecule has 1 aromatic heterocycles. The third-order valence-corrected chi connectivity index (χ3v) is 4.18. The van der Waals surface area contributed by atoms with E-state index in [0.29, 0.717) is 0 Å². The summed E-state index contributed by atoms with van der Waals surface area (Å²) in [6.07, 6.45) is 3.64. The molecule has 0 N–H and O–H groups in total. The van der Waals surface area contributed by atoms with Crippen molar-refractivity contribution in [2.24, 2.45) is 4.99 Å². The molecule has 0 amide bonds. The normalized spacial score (nSPS) is 12.2. The number of halogens is 1. The zero-order valence-electron chi connectivity index (χ0n) is 13.2. The van der Waals surface area contributed by atoms with Crippen LogP contribution in [0.1, 0.15) is 11.1 Å². The van der Waals surface area contributed by atoms with E-state index in [-0.39, 0.29) is 11.6 Å². The van der Waals surface area contributed by atoms with E-state index in [4.69, 9.17) is 4.74 Å². The van der Waals surface area contributed by atoms with Gasteiger partial charge in [0.1, 0.15) is 0 Å². The topological polar surface area (TPSA) is 34.5 Å². The van der Waals surface area contributed by atoms with Crippen LogP contribution in [0.2, 0.25) is 0 Å². The second-order valence-electron chi connectivity index (χ2n) is 5.63. The highest BCUT2D eigenvalue weighted by Gasteiger charge is 2.13. The first-order chi connectivity index (χ1) is 11.8. The number of methoxy groups -OCH3 is 1. The fourth-order valence-electron chi connectivity index (χ4n) is 2.94. The molecule has 0 radical (unpaired) electrons. The average Bonchev–Trinajstić information content (AvgIpc) is 3.10. The van der Waals surface area contributed by atoms with Gasteiger partial charge in [-0.2, -0.15) is 0 Å². The number of ether oxygens (including phenoxy) is 1. The second kappa shape index (κ2) is 5.89. The van der Waals surface area contributed by atoms with Gasteiger partial charge < -0.3 is 4.74 Å². The van der Waals surface area contributed by atoms with E-state index in [1.54, 1.807) is 18.3 Å². The Kier molecular flexibility index (Phi) is 3.58. The first-order valence-corrected chi connectivity index (χ1v) is 7.68. The number of nitrogens with zero attached hydrogens (tertiary/aromatic N) is 2. The van der Waals surface area contributed by atoms with Crippen molar-refractivity contribution in [2.75, 3.05) is 7.11 Å². The quantitative estimate of drug-likeness (QED) is 0.713. The van der Waals surface area contributed by atoms with Crippen molar-refractivity contribution < 1.29 is 9.13 Å². The molecule has 2 heterocycles. The molecule has 0 unspecified atom stereocenters. The molecular formula is C20H15FN2O. The van der Waals surface area contributed by atoms with Gasteiger partial charge in [0.05, 0.1) is 19.3 Å². The molecule has 118 valence electrons. The standard InChI is InChI=1S/C20H15FN2O/c1-24-19-10-14(6-7-18(19)21)20-17(3-2-8-23-20)13-4-5-15-11-22-12-16(15)9-13/h2-10,12H,11H2,1H3. The maximum absolute atomic E-state index is 13.7. The first kappa shape index (κ1) is 14.6. The van der Waals surface area contributed by atoms with E-state index in [0.717, 1.165) is 34.5 Å². The minimum Gasteiger partial charge on any atom is -0.494 e. The summed E-state index contributed by atoms with van der Waals surface area (Å²) in [6, 6.07) is 15.0. The molecular weight excluding hydrogens is 303 g/mol. The molecule has 3 nitrogen and oxygen atoms in total. The number of hydrogen-bond acceptors (Lipinski definition) is 3. The van der Waals surface area contributed by atoms with E-state index in [1.807, 2.05) is 18.3 Å². The van der Waals surface area contributed by atoms with Crippen molar-refractivity contribution in [1.82, 2.24) is 4.98 Å². The molecule has 1 aliphatic heterocycles. The van der Waals surface area contributed by atoms with Gasteiger partial charge in [-0.25, -0.2) is 4.39 Å². The fraction of sp³-hybridized carbons (Fsp3) is 0.100. The smallest absolute Gasteiger partial charge is 0.165 e. The van der Waals surface area contributed by atoms with Crippen LogP contribution in [0.5, 0.6) is 5.75 Å². The Morgan fingerprint density at radius 3 is 2.79 bits per heavy atom. The zero-order valence-corrected chi connectivity index (χ0v) is 13.2. The summed E-state index contributed by atoms with van der Waals surface area (Å²) < 4.78 is 18.8. The van der Waals surface area contributed by atoms with Crippen LogP contribution in [0.4, 0.5) is 4.39 Å². The lowest BCUT2D eigenvalue weighted by Crippen LogP contribution is -1.93. The molecule has 4 rings (SSSR count). The molecule has 0 fully saturated rings.